The molecule has 0 radical (unpaired) electrons. The maximum atomic E-state index is 2.62. The Balaban J connectivity index is 1.39. The van der Waals surface area contributed by atoms with Crippen LogP contribution in [0.4, 0.5) is 0 Å². The summed E-state index contributed by atoms with van der Waals surface area (Å²) in [6, 6.07) is 32.7. The molecular weight excluding hydrogens is 532 g/mol. The van der Waals surface area contributed by atoms with Gasteiger partial charge in [-0.3, -0.25) is 0 Å². The van der Waals surface area contributed by atoms with E-state index in [0.717, 1.165) is 0 Å². The second-order valence-corrected chi connectivity index (χ2v) is 14.7. The highest BCUT2D eigenvalue weighted by molar-refractivity contribution is 6.26. The van der Waals surface area contributed by atoms with Gasteiger partial charge in [0.15, 0.2) is 0 Å². The molecule has 0 unspecified atom stereocenters. The SMILES string of the molecule is Cc1ccc2c3cc4c(cc3n3c5c(c1c23)C(C)(C)c1ccccc1-5)c1ccc(C)c2c3c(n4c21)-c1ccccc1C3(C)C. The number of aromatic nitrogens is 2. The van der Waals surface area contributed by atoms with Gasteiger partial charge in [-0.1, -0.05) is 100 Å². The number of aryl methyl sites for hydroxylation is 2. The molecule has 0 spiro atoms. The highest BCUT2D eigenvalue weighted by Gasteiger charge is 2.43. The topological polar surface area (TPSA) is 8.82 Å². The molecule has 2 aliphatic rings. The summed E-state index contributed by atoms with van der Waals surface area (Å²) < 4.78 is 5.25. The number of rotatable bonds is 0. The molecule has 4 aromatic heterocycles. The van der Waals surface area contributed by atoms with Crippen LogP contribution in [-0.2, 0) is 10.8 Å². The molecule has 5 aromatic carbocycles. The maximum Gasteiger partial charge on any atom is 0.0620 e. The van der Waals surface area contributed by atoms with Crippen LogP contribution in [0, 0.1) is 13.8 Å². The summed E-state index contributed by atoms with van der Waals surface area (Å²) in [5, 5.41) is 8.29. The molecule has 2 heteroatoms. The predicted molar refractivity (Wildman–Crippen MR) is 185 cm³/mol. The minimum absolute atomic E-state index is 0.0464. The van der Waals surface area contributed by atoms with Gasteiger partial charge < -0.3 is 8.80 Å². The van der Waals surface area contributed by atoms with Crippen molar-refractivity contribution in [3.05, 3.63) is 118 Å². The molecule has 0 N–H and O–H groups in total. The van der Waals surface area contributed by atoms with Crippen LogP contribution in [0.5, 0.6) is 0 Å². The monoisotopic (exact) mass is 564 g/mol. The number of benzene rings is 5. The van der Waals surface area contributed by atoms with Gasteiger partial charge >= 0.3 is 0 Å². The first kappa shape index (κ1) is 23.6. The molecule has 210 valence electrons. The van der Waals surface area contributed by atoms with E-state index in [1.54, 1.807) is 0 Å². The van der Waals surface area contributed by atoms with Gasteiger partial charge in [0.25, 0.3) is 0 Å². The Morgan fingerprint density at radius 2 is 0.886 bits per heavy atom. The Bertz CT molecular complexity index is 2580. The molecule has 11 rings (SSSR count). The average molecular weight is 565 g/mol. The van der Waals surface area contributed by atoms with E-state index < -0.39 is 0 Å². The van der Waals surface area contributed by atoms with E-state index in [2.05, 4.69) is 135 Å². The van der Waals surface area contributed by atoms with Crippen LogP contribution in [0.1, 0.15) is 61.1 Å². The molecule has 0 saturated heterocycles. The van der Waals surface area contributed by atoms with Crippen molar-refractivity contribution in [1.82, 2.24) is 8.80 Å². The molecular formula is C42H32N2. The summed E-state index contributed by atoms with van der Waals surface area (Å²) >= 11 is 0. The van der Waals surface area contributed by atoms with Crippen LogP contribution in [0.15, 0.2) is 84.9 Å². The van der Waals surface area contributed by atoms with Crippen molar-refractivity contribution in [2.45, 2.75) is 52.4 Å². The zero-order valence-corrected chi connectivity index (χ0v) is 26.0. The van der Waals surface area contributed by atoms with E-state index >= 15 is 0 Å². The molecule has 0 amide bonds. The van der Waals surface area contributed by atoms with Crippen LogP contribution in [-0.4, -0.2) is 8.80 Å². The van der Waals surface area contributed by atoms with E-state index in [-0.39, 0.29) is 10.8 Å². The Morgan fingerprint density at radius 3 is 1.32 bits per heavy atom. The van der Waals surface area contributed by atoms with Crippen molar-refractivity contribution >= 4 is 54.4 Å². The summed E-state index contributed by atoms with van der Waals surface area (Å²) in [6.45, 7) is 14.2. The highest BCUT2D eigenvalue weighted by Crippen LogP contribution is 2.58. The van der Waals surface area contributed by atoms with Gasteiger partial charge in [0, 0.05) is 54.3 Å². The lowest BCUT2D eigenvalue weighted by Gasteiger charge is -2.21. The molecule has 0 fully saturated rings. The molecule has 0 saturated carbocycles. The molecule has 9 aromatic rings. The number of hydrogen-bond acceptors (Lipinski definition) is 0. The lowest BCUT2D eigenvalue weighted by Crippen LogP contribution is -2.15. The van der Waals surface area contributed by atoms with Crippen molar-refractivity contribution in [2.24, 2.45) is 0 Å². The second kappa shape index (κ2) is 6.94. The fraction of sp³-hybridized carbons (Fsp3) is 0.190. The van der Waals surface area contributed by atoms with Gasteiger partial charge in [0.05, 0.1) is 33.5 Å². The van der Waals surface area contributed by atoms with Crippen LogP contribution in [0.2, 0.25) is 0 Å². The normalized spacial score (nSPS) is 16.3. The fourth-order valence-corrected chi connectivity index (χ4v) is 9.92. The van der Waals surface area contributed by atoms with Gasteiger partial charge in [-0.2, -0.15) is 0 Å². The molecule has 0 atom stereocenters. The van der Waals surface area contributed by atoms with Crippen molar-refractivity contribution in [1.29, 1.82) is 0 Å². The number of fused-ring (bicyclic) bond motifs is 16. The van der Waals surface area contributed by atoms with E-state index in [1.165, 1.54) is 110 Å². The quantitative estimate of drug-likeness (QED) is 0.173. The summed E-state index contributed by atoms with van der Waals surface area (Å²) in [6.07, 6.45) is 0. The van der Waals surface area contributed by atoms with E-state index in [1.807, 2.05) is 0 Å². The van der Waals surface area contributed by atoms with E-state index in [4.69, 9.17) is 0 Å². The predicted octanol–water partition coefficient (Wildman–Crippen LogP) is 10.9. The second-order valence-electron chi connectivity index (χ2n) is 14.7. The van der Waals surface area contributed by atoms with Crippen molar-refractivity contribution < 1.29 is 0 Å². The Kier molecular flexibility index (Phi) is 3.73. The molecule has 2 aliphatic carbocycles. The molecule has 4 heterocycles. The summed E-state index contributed by atoms with van der Waals surface area (Å²) in [5.74, 6) is 0. The zero-order valence-electron chi connectivity index (χ0n) is 26.0. The minimum Gasteiger partial charge on any atom is -0.308 e. The maximum absolute atomic E-state index is 2.62. The van der Waals surface area contributed by atoms with E-state index in [0.29, 0.717) is 0 Å². The summed E-state index contributed by atoms with van der Waals surface area (Å²) in [4.78, 5) is 0. The third-order valence-corrected chi connectivity index (χ3v) is 11.8. The molecule has 0 aliphatic heterocycles. The first-order valence-corrected chi connectivity index (χ1v) is 16.0. The van der Waals surface area contributed by atoms with Crippen LogP contribution < -0.4 is 0 Å². The van der Waals surface area contributed by atoms with Crippen molar-refractivity contribution in [3.8, 4) is 22.5 Å². The largest absolute Gasteiger partial charge is 0.308 e. The zero-order chi connectivity index (χ0) is 29.6. The minimum atomic E-state index is -0.0464. The first-order chi connectivity index (χ1) is 21.2. The number of hydrogen-bond donors (Lipinski definition) is 0. The van der Waals surface area contributed by atoms with Crippen molar-refractivity contribution in [3.63, 3.8) is 0 Å². The molecule has 0 bridgehead atoms. The van der Waals surface area contributed by atoms with Gasteiger partial charge in [0.2, 0.25) is 0 Å². The summed E-state index contributed by atoms with van der Waals surface area (Å²) in [5.41, 5.74) is 19.4. The van der Waals surface area contributed by atoms with Gasteiger partial charge in [-0.05, 0) is 59.4 Å². The van der Waals surface area contributed by atoms with Crippen LogP contribution in [0.25, 0.3) is 76.9 Å². The van der Waals surface area contributed by atoms with Gasteiger partial charge in [-0.15, -0.1) is 0 Å². The van der Waals surface area contributed by atoms with Crippen LogP contribution >= 0.6 is 0 Å². The Labute approximate surface area is 255 Å². The molecule has 44 heavy (non-hydrogen) atoms. The average Bonchev–Trinajstić information content (AvgIpc) is 3.80. The Morgan fingerprint density at radius 1 is 0.477 bits per heavy atom. The third-order valence-electron chi connectivity index (χ3n) is 11.8. The smallest absolute Gasteiger partial charge is 0.0620 e. The lowest BCUT2D eigenvalue weighted by atomic mass is 9.81. The number of nitrogens with zero attached hydrogens (tertiary/aromatic N) is 2. The fourth-order valence-electron chi connectivity index (χ4n) is 9.92. The van der Waals surface area contributed by atoms with E-state index in [9.17, 15) is 0 Å². The first-order valence-electron chi connectivity index (χ1n) is 16.0. The lowest BCUT2D eigenvalue weighted by molar-refractivity contribution is 0.666. The van der Waals surface area contributed by atoms with Crippen LogP contribution in [0.3, 0.4) is 0 Å². The Hall–Kier alpha value is -4.82. The highest BCUT2D eigenvalue weighted by atomic mass is 15.0. The van der Waals surface area contributed by atoms with Crippen molar-refractivity contribution in [2.75, 3.05) is 0 Å². The van der Waals surface area contributed by atoms with Gasteiger partial charge in [0.1, 0.15) is 0 Å². The summed E-state index contributed by atoms with van der Waals surface area (Å²) in [7, 11) is 0. The third kappa shape index (κ3) is 2.25. The van der Waals surface area contributed by atoms with Gasteiger partial charge in [-0.25, -0.2) is 0 Å². The molecule has 2 nitrogen and oxygen atoms in total. The standard InChI is InChI=1S/C42H32N2/c1-21-15-17-23-27-19-32-28(20-31(27)43-37(23)33(21)35-39(43)25-11-7-9-13-29(25)41(35,3)4)24-18-16-22(2)34-36-40(44(32)38(24)34)26-12-8-10-14-30(26)42(36,5)6/h7-20H,1-6H3.